The van der Waals surface area contributed by atoms with E-state index in [9.17, 15) is 27.2 Å². The van der Waals surface area contributed by atoms with Gasteiger partial charge < -0.3 is 9.94 Å². The summed E-state index contributed by atoms with van der Waals surface area (Å²) < 4.78 is 54.2. The summed E-state index contributed by atoms with van der Waals surface area (Å²) in [5.41, 5.74) is 4.12. The molecule has 2 heterocycles. The van der Waals surface area contributed by atoms with Gasteiger partial charge in [0.05, 0.1) is 14.2 Å². The highest BCUT2D eigenvalue weighted by Gasteiger charge is 2.19. The van der Waals surface area contributed by atoms with Crippen LogP contribution in [0.15, 0.2) is 48.5 Å². The number of amides is 1. The number of rotatable bonds is 10. The van der Waals surface area contributed by atoms with Crippen molar-refractivity contribution >= 4 is 70.7 Å². The largest absolute Gasteiger partial charge is 0.481 e. The van der Waals surface area contributed by atoms with Gasteiger partial charge in [-0.2, -0.15) is 0 Å². The number of carbonyl (C=O) groups is 2. The molecule has 9 nitrogen and oxygen atoms in total. The Hall–Kier alpha value is -3.27. The van der Waals surface area contributed by atoms with Gasteiger partial charge in [0.15, 0.2) is 0 Å². The number of aliphatic carboxylic acids is 1. The van der Waals surface area contributed by atoms with Crippen molar-refractivity contribution in [1.82, 2.24) is 20.5 Å². The molecule has 4 rings (SSSR count). The number of hydrogen-bond donors (Lipinski definition) is 2. The Morgan fingerprint density at radius 1 is 0.760 bits per heavy atom. The van der Waals surface area contributed by atoms with Crippen molar-refractivity contribution in [2.75, 3.05) is 28.3 Å². The maximum absolute atomic E-state index is 14.1. The summed E-state index contributed by atoms with van der Waals surface area (Å²) in [7, 11) is 6.12. The normalized spacial score (nSPS) is 10.2. The minimum absolute atomic E-state index is 0. The first-order chi connectivity index (χ1) is 23.1. The monoisotopic (exact) mass is 802 g/mol. The number of nitrogens with zero attached hydrogens (tertiary/aromatic N) is 3. The molecular weight excluding hydrogens is 774 g/mol. The van der Waals surface area contributed by atoms with E-state index >= 15 is 0 Å². The number of hydroxylamine groups is 3. The molecule has 50 heavy (non-hydrogen) atoms. The Kier molecular flexibility index (Phi) is 19.5. The predicted molar refractivity (Wildman–Crippen MR) is 187 cm³/mol. The van der Waals surface area contributed by atoms with E-state index in [2.05, 4.69) is 20.3 Å². The molecule has 1 amide bonds. The first kappa shape index (κ1) is 44.8. The van der Waals surface area contributed by atoms with E-state index in [1.54, 1.807) is 14.2 Å². The Morgan fingerprint density at radius 3 is 1.50 bits per heavy atom. The number of pyridine rings is 2. The summed E-state index contributed by atoms with van der Waals surface area (Å²) in [6.45, 7) is 0. The highest BCUT2D eigenvalue weighted by molar-refractivity contribution is 6.34. The third kappa shape index (κ3) is 13.5. The summed E-state index contributed by atoms with van der Waals surface area (Å²) >= 11 is 23.8. The topological polar surface area (TPSA) is 114 Å². The molecule has 0 fully saturated rings. The van der Waals surface area contributed by atoms with Gasteiger partial charge in [-0.3, -0.25) is 14.4 Å². The van der Waals surface area contributed by atoms with Gasteiger partial charge in [0.1, 0.15) is 43.9 Å². The summed E-state index contributed by atoms with van der Waals surface area (Å²) in [4.78, 5) is 39.4. The molecule has 0 saturated carbocycles. The average Bonchev–Trinajstić information content (AvgIpc) is 3.03. The molecule has 0 aliphatic heterocycles. The number of carbonyl (C=O) groups excluding carboxylic acids is 1. The Balaban J connectivity index is 0.000000446. The van der Waals surface area contributed by atoms with Crippen molar-refractivity contribution in [3.8, 4) is 22.3 Å². The van der Waals surface area contributed by atoms with Gasteiger partial charge in [-0.15, -0.1) is 12.4 Å². The van der Waals surface area contributed by atoms with Crippen LogP contribution in [-0.4, -0.2) is 60.3 Å². The maximum Gasteiger partial charge on any atom is 0.303 e. The van der Waals surface area contributed by atoms with Crippen molar-refractivity contribution in [3.63, 3.8) is 0 Å². The van der Waals surface area contributed by atoms with Crippen LogP contribution in [0.3, 0.4) is 0 Å². The number of nitrogens with one attached hydrogen (secondary N) is 1. The van der Waals surface area contributed by atoms with E-state index in [0.717, 1.165) is 29.3 Å². The van der Waals surface area contributed by atoms with Crippen LogP contribution in [0.25, 0.3) is 22.3 Å². The lowest BCUT2D eigenvalue weighted by atomic mass is 9.98. The number of benzene rings is 2. The van der Waals surface area contributed by atoms with Crippen LogP contribution in [0.1, 0.15) is 24.0 Å². The summed E-state index contributed by atoms with van der Waals surface area (Å²) in [5.74, 6) is -4.25. The van der Waals surface area contributed by atoms with Crippen molar-refractivity contribution in [2.24, 2.45) is 0 Å². The standard InChI is InChI=1S/C16H14Cl2F2N2O2.C14H9Cl2F2NO2.C2H7NO.ClH/c1-22(24-2)15(23)6-5-11-12(8-14(17)21-16(11)18)10-4-3-9(19)7-13(10)20;15-12-6-10(8-2-1-7(17)5-11(8)18)9(14(16)19-12)3-4-13(20)21;1-3-4-2;/h3-4,7-8H,5-6H2,1-2H3;1-2,5-6H,3-4H2,(H,20,21);3H,1-2H3;1H. The molecule has 2 aromatic carbocycles. The molecule has 0 saturated heterocycles. The van der Waals surface area contributed by atoms with Crippen LogP contribution >= 0.6 is 58.8 Å². The van der Waals surface area contributed by atoms with Gasteiger partial charge in [0.2, 0.25) is 5.91 Å². The van der Waals surface area contributed by atoms with E-state index in [4.69, 9.17) is 56.3 Å². The summed E-state index contributed by atoms with van der Waals surface area (Å²) in [5, 5.41) is 10.0. The maximum atomic E-state index is 14.1. The molecule has 0 spiro atoms. The second-order valence-electron chi connectivity index (χ2n) is 9.65. The SMILES string of the molecule is CNOC.CON(C)C(=O)CCc1c(-c2ccc(F)cc2F)cc(Cl)nc1Cl.Cl.O=C(O)CCc1c(-c2ccc(F)cc2F)cc(Cl)nc1Cl. The van der Waals surface area contributed by atoms with Gasteiger partial charge in [-0.25, -0.2) is 38.1 Å². The molecule has 2 aromatic heterocycles. The fraction of sp³-hybridized carbons (Fsp3) is 0.250. The third-order valence-electron chi connectivity index (χ3n) is 6.53. The molecule has 0 aliphatic carbocycles. The van der Waals surface area contributed by atoms with Crippen LogP contribution in [0.4, 0.5) is 17.6 Å². The van der Waals surface area contributed by atoms with E-state index in [1.165, 1.54) is 38.4 Å². The minimum Gasteiger partial charge on any atom is -0.481 e. The van der Waals surface area contributed by atoms with E-state index in [-0.39, 0.29) is 75.7 Å². The smallest absolute Gasteiger partial charge is 0.303 e. The molecule has 18 heteroatoms. The predicted octanol–water partition coefficient (Wildman–Crippen LogP) is 8.83. The molecule has 0 aliphatic rings. The fourth-order valence-corrected chi connectivity index (χ4v) is 5.17. The fourth-order valence-electron chi connectivity index (χ4n) is 4.12. The number of halogens is 9. The zero-order chi connectivity index (χ0) is 36.8. The molecule has 0 atom stereocenters. The molecule has 272 valence electrons. The van der Waals surface area contributed by atoms with E-state index in [0.29, 0.717) is 22.3 Å². The minimum atomic E-state index is -1.02. The Bertz CT molecular complexity index is 1770. The number of carboxylic acids is 1. The Labute approximate surface area is 311 Å². The molecule has 0 bridgehead atoms. The molecule has 0 unspecified atom stereocenters. The van der Waals surface area contributed by atoms with E-state index < -0.39 is 29.2 Å². The van der Waals surface area contributed by atoms with Crippen LogP contribution in [0.5, 0.6) is 0 Å². The molecule has 0 radical (unpaired) electrons. The lowest BCUT2D eigenvalue weighted by Gasteiger charge is -2.16. The molecule has 4 aromatic rings. The van der Waals surface area contributed by atoms with Gasteiger partial charge >= 0.3 is 5.97 Å². The third-order valence-corrected chi connectivity index (χ3v) is 7.55. The van der Waals surface area contributed by atoms with Gasteiger partial charge in [0.25, 0.3) is 0 Å². The van der Waals surface area contributed by atoms with Crippen LogP contribution in [-0.2, 0) is 32.1 Å². The second kappa shape index (κ2) is 21.8. The number of hydrogen-bond acceptors (Lipinski definition) is 7. The van der Waals surface area contributed by atoms with Crippen molar-refractivity contribution in [2.45, 2.75) is 25.7 Å². The van der Waals surface area contributed by atoms with Gasteiger partial charge in [-0.05, 0) is 71.5 Å². The first-order valence-electron chi connectivity index (χ1n) is 14.0. The first-order valence-corrected chi connectivity index (χ1v) is 15.5. The quantitative estimate of drug-likeness (QED) is 0.0930. The zero-order valence-corrected chi connectivity index (χ0v) is 30.6. The number of aromatic nitrogens is 2. The van der Waals surface area contributed by atoms with Crippen LogP contribution in [0, 0.1) is 23.3 Å². The van der Waals surface area contributed by atoms with Crippen LogP contribution in [0.2, 0.25) is 20.6 Å². The average molecular weight is 805 g/mol. The highest BCUT2D eigenvalue weighted by Crippen LogP contribution is 2.35. The van der Waals surface area contributed by atoms with Gasteiger partial charge in [0, 0.05) is 50.2 Å². The zero-order valence-electron chi connectivity index (χ0n) is 26.8. The number of carboxylic acid groups (broad SMARTS) is 1. The molecule has 2 N–H and O–H groups in total. The van der Waals surface area contributed by atoms with E-state index in [1.807, 2.05) is 0 Å². The summed E-state index contributed by atoms with van der Waals surface area (Å²) in [6.07, 6.45) is 0.133. The van der Waals surface area contributed by atoms with Crippen molar-refractivity contribution in [1.29, 1.82) is 0 Å². The highest BCUT2D eigenvalue weighted by atomic mass is 35.5. The second-order valence-corrected chi connectivity index (χ2v) is 11.1. The molecular formula is C32H31Cl5F4N4O5. The van der Waals surface area contributed by atoms with Crippen molar-refractivity contribution < 1.29 is 41.9 Å². The lowest BCUT2D eigenvalue weighted by molar-refractivity contribution is -0.168. The van der Waals surface area contributed by atoms with Crippen molar-refractivity contribution in [3.05, 3.63) is 104 Å². The summed E-state index contributed by atoms with van der Waals surface area (Å²) in [6, 6.07) is 9.08. The Morgan fingerprint density at radius 2 is 1.16 bits per heavy atom. The lowest BCUT2D eigenvalue weighted by Crippen LogP contribution is -2.25. The van der Waals surface area contributed by atoms with Crippen LogP contribution < -0.4 is 5.48 Å². The van der Waals surface area contributed by atoms with Gasteiger partial charge in [-0.1, -0.05) is 46.4 Å².